The zero-order valence-electron chi connectivity index (χ0n) is 7.60. The first-order chi connectivity index (χ1) is 6.53. The van der Waals surface area contributed by atoms with E-state index in [1.807, 2.05) is 0 Å². The lowest BCUT2D eigenvalue weighted by atomic mass is 10.6. The predicted octanol–water partition coefficient (Wildman–Crippen LogP) is -1.21. The van der Waals surface area contributed by atoms with Crippen molar-refractivity contribution >= 4 is 10.0 Å². The maximum absolute atomic E-state index is 11.1. The minimum Gasteiger partial charge on any atom is -0.395 e. The average Bonchev–Trinajstić information content (AvgIpc) is 2.48. The summed E-state index contributed by atoms with van der Waals surface area (Å²) >= 11 is 0. The van der Waals surface area contributed by atoms with Crippen molar-refractivity contribution in [3.8, 4) is 0 Å². The number of sulfonamides is 1. The molecule has 0 aliphatic heterocycles. The van der Waals surface area contributed by atoms with Gasteiger partial charge in [-0.3, -0.25) is 0 Å². The molecule has 0 aromatic carbocycles. The molecule has 0 aliphatic carbocycles. The Morgan fingerprint density at radius 3 is 2.79 bits per heavy atom. The first-order valence-corrected chi connectivity index (χ1v) is 5.56. The Morgan fingerprint density at radius 1 is 1.57 bits per heavy atom. The average molecular weight is 221 g/mol. The van der Waals surface area contributed by atoms with Gasteiger partial charge in [-0.15, -0.1) is 0 Å². The lowest BCUT2D eigenvalue weighted by Gasteiger charge is -2.00. The zero-order valence-corrected chi connectivity index (χ0v) is 8.41. The number of rotatable bonds is 5. The molecule has 1 aromatic rings. The van der Waals surface area contributed by atoms with E-state index in [0.29, 0.717) is 5.89 Å². The van der Waals surface area contributed by atoms with Crippen LogP contribution in [-0.2, 0) is 16.6 Å². The van der Waals surface area contributed by atoms with Crippen molar-refractivity contribution in [2.75, 3.05) is 12.4 Å². The molecule has 0 spiro atoms. The van der Waals surface area contributed by atoms with Crippen molar-refractivity contribution in [1.82, 2.24) is 14.9 Å². The third-order valence-corrected chi connectivity index (χ3v) is 2.68. The second-order valence-electron chi connectivity index (χ2n) is 2.59. The summed E-state index contributed by atoms with van der Waals surface area (Å²) in [6, 6.07) is 0. The molecule has 2 N–H and O–H groups in total. The van der Waals surface area contributed by atoms with Crippen LogP contribution in [0.1, 0.15) is 11.7 Å². The van der Waals surface area contributed by atoms with E-state index in [-0.39, 0.29) is 18.1 Å². The summed E-state index contributed by atoms with van der Waals surface area (Å²) in [5.41, 5.74) is 0. The van der Waals surface area contributed by atoms with Gasteiger partial charge in [-0.25, -0.2) is 13.1 Å². The Hall–Kier alpha value is -0.990. The van der Waals surface area contributed by atoms with Crippen LogP contribution >= 0.6 is 0 Å². The molecular weight excluding hydrogens is 210 g/mol. The van der Waals surface area contributed by atoms with E-state index in [1.54, 1.807) is 6.92 Å². The van der Waals surface area contributed by atoms with Gasteiger partial charge in [0.25, 0.3) is 0 Å². The highest BCUT2D eigenvalue weighted by Crippen LogP contribution is 1.95. The molecule has 1 aromatic heterocycles. The largest absolute Gasteiger partial charge is 0.395 e. The van der Waals surface area contributed by atoms with Crippen LogP contribution in [0.25, 0.3) is 0 Å². The second kappa shape index (κ2) is 4.49. The van der Waals surface area contributed by atoms with Crippen molar-refractivity contribution in [3.63, 3.8) is 0 Å². The molecule has 8 heteroatoms. The fourth-order valence-corrected chi connectivity index (χ4v) is 1.51. The van der Waals surface area contributed by atoms with Gasteiger partial charge in [-0.1, -0.05) is 5.16 Å². The summed E-state index contributed by atoms with van der Waals surface area (Å²) in [5.74, 6) is 0.314. The Morgan fingerprint density at radius 2 is 2.29 bits per heavy atom. The molecule has 0 aliphatic rings. The smallest absolute Gasteiger partial charge is 0.223 e. The Kier molecular flexibility index (Phi) is 3.55. The van der Waals surface area contributed by atoms with Gasteiger partial charge in [-0.05, 0) is 0 Å². The molecule has 0 saturated carbocycles. The molecule has 14 heavy (non-hydrogen) atoms. The normalized spacial score (nSPS) is 11.9. The molecule has 0 atom stereocenters. The highest BCUT2D eigenvalue weighted by Gasteiger charge is 2.10. The van der Waals surface area contributed by atoms with Crippen molar-refractivity contribution in [3.05, 3.63) is 11.7 Å². The van der Waals surface area contributed by atoms with Crippen molar-refractivity contribution in [2.24, 2.45) is 0 Å². The fraction of sp³-hybridized carbons (Fsp3) is 0.667. The maximum Gasteiger partial charge on any atom is 0.223 e. The van der Waals surface area contributed by atoms with Crippen LogP contribution in [0.3, 0.4) is 0 Å². The fourth-order valence-electron chi connectivity index (χ4n) is 0.780. The summed E-state index contributed by atoms with van der Waals surface area (Å²) in [7, 11) is -3.44. The molecule has 0 fully saturated rings. The standard InChI is InChI=1S/C6H11N3O4S/c1-5-8-6(9-13-5)4-7-14(11,12)3-2-10/h7,10H,2-4H2,1H3. The molecule has 1 heterocycles. The van der Waals surface area contributed by atoms with Crippen LogP contribution < -0.4 is 4.72 Å². The van der Waals surface area contributed by atoms with Gasteiger partial charge >= 0.3 is 0 Å². The molecule has 7 nitrogen and oxygen atoms in total. The Bertz CT molecular complexity index is 386. The number of aromatic nitrogens is 2. The van der Waals surface area contributed by atoms with Gasteiger partial charge in [0, 0.05) is 6.92 Å². The Labute approximate surface area is 81.2 Å². The van der Waals surface area contributed by atoms with Gasteiger partial charge in [0.2, 0.25) is 15.9 Å². The maximum atomic E-state index is 11.1. The van der Waals surface area contributed by atoms with E-state index in [0.717, 1.165) is 0 Å². The molecule has 0 amide bonds. The van der Waals surface area contributed by atoms with E-state index in [1.165, 1.54) is 0 Å². The van der Waals surface area contributed by atoms with Gasteiger partial charge < -0.3 is 9.63 Å². The molecule has 0 unspecified atom stereocenters. The van der Waals surface area contributed by atoms with Crippen molar-refractivity contribution in [2.45, 2.75) is 13.5 Å². The number of nitrogens with one attached hydrogen (secondary N) is 1. The zero-order chi connectivity index (χ0) is 10.6. The lowest BCUT2D eigenvalue weighted by Crippen LogP contribution is -2.27. The minimum absolute atomic E-state index is 0.0281. The van der Waals surface area contributed by atoms with Gasteiger partial charge in [-0.2, -0.15) is 4.98 Å². The first-order valence-electron chi connectivity index (χ1n) is 3.91. The summed E-state index contributed by atoms with van der Waals surface area (Å²) < 4.78 is 29.0. The second-order valence-corrected chi connectivity index (χ2v) is 4.52. The summed E-state index contributed by atoms with van der Waals surface area (Å²) in [6.45, 7) is 1.17. The van der Waals surface area contributed by atoms with Crippen molar-refractivity contribution in [1.29, 1.82) is 0 Å². The van der Waals surface area contributed by atoms with E-state index in [9.17, 15) is 8.42 Å². The van der Waals surface area contributed by atoms with Crippen LogP contribution in [0.15, 0.2) is 4.52 Å². The van der Waals surface area contributed by atoms with Crippen LogP contribution in [0.4, 0.5) is 0 Å². The summed E-state index contributed by atoms with van der Waals surface area (Å²) in [5, 5.41) is 11.9. The van der Waals surface area contributed by atoms with E-state index in [2.05, 4.69) is 19.4 Å². The number of aliphatic hydroxyl groups excluding tert-OH is 1. The summed E-state index contributed by atoms with van der Waals surface area (Å²) in [6.07, 6.45) is 0. The third-order valence-electron chi connectivity index (χ3n) is 1.38. The predicted molar refractivity (Wildman–Crippen MR) is 46.7 cm³/mol. The van der Waals surface area contributed by atoms with Crippen LogP contribution in [0, 0.1) is 6.92 Å². The molecule has 0 saturated heterocycles. The van der Waals surface area contributed by atoms with Gasteiger partial charge in [0.05, 0.1) is 18.9 Å². The number of hydrogen-bond acceptors (Lipinski definition) is 6. The number of aryl methyl sites for hydroxylation is 1. The monoisotopic (exact) mass is 221 g/mol. The van der Waals surface area contributed by atoms with Crippen LogP contribution in [0.2, 0.25) is 0 Å². The van der Waals surface area contributed by atoms with Crippen LogP contribution in [-0.4, -0.2) is 36.0 Å². The van der Waals surface area contributed by atoms with E-state index < -0.39 is 16.6 Å². The molecule has 0 radical (unpaired) electrons. The lowest BCUT2D eigenvalue weighted by molar-refractivity contribution is 0.319. The number of nitrogens with zero attached hydrogens (tertiary/aromatic N) is 2. The number of aliphatic hydroxyl groups is 1. The topological polar surface area (TPSA) is 105 Å². The van der Waals surface area contributed by atoms with E-state index in [4.69, 9.17) is 5.11 Å². The quantitative estimate of drug-likeness (QED) is 0.646. The first kappa shape index (κ1) is 11.1. The third kappa shape index (κ3) is 3.40. The Balaban J connectivity index is 2.48. The highest BCUT2D eigenvalue weighted by molar-refractivity contribution is 7.89. The minimum atomic E-state index is -3.44. The van der Waals surface area contributed by atoms with Crippen molar-refractivity contribution < 1.29 is 18.0 Å². The molecule has 80 valence electrons. The molecular formula is C6H11N3O4S. The van der Waals surface area contributed by atoms with Crippen LogP contribution in [0.5, 0.6) is 0 Å². The molecule has 0 bridgehead atoms. The van der Waals surface area contributed by atoms with Gasteiger partial charge in [0.1, 0.15) is 0 Å². The summed E-state index contributed by atoms with van der Waals surface area (Å²) in [4.78, 5) is 3.81. The highest BCUT2D eigenvalue weighted by atomic mass is 32.2. The SMILES string of the molecule is Cc1nc(CNS(=O)(=O)CCO)no1. The van der Waals surface area contributed by atoms with E-state index >= 15 is 0 Å². The molecule has 1 rings (SSSR count). The van der Waals surface area contributed by atoms with Gasteiger partial charge in [0.15, 0.2) is 5.82 Å². The number of hydrogen-bond donors (Lipinski definition) is 2.